The molecule has 0 aliphatic carbocycles. The maximum absolute atomic E-state index is 12.6. The minimum Gasteiger partial charge on any atom is -0.378 e. The van der Waals surface area contributed by atoms with Crippen LogP contribution in [-0.4, -0.2) is 60.6 Å². The van der Waals surface area contributed by atoms with Crippen molar-refractivity contribution in [2.45, 2.75) is 0 Å². The SMILES string of the molecule is C=Cc1cc(C(=O)N(C)C)cn2c(=O)cc(N3CCOCC3)nc12. The molecular formula is C17H20N4O3. The number of anilines is 1. The Labute approximate surface area is 139 Å². The Balaban J connectivity index is 2.16. The quantitative estimate of drug-likeness (QED) is 0.837. The number of carbonyl (C=O) groups is 1. The van der Waals surface area contributed by atoms with Crippen molar-refractivity contribution < 1.29 is 9.53 Å². The van der Waals surface area contributed by atoms with Crippen molar-refractivity contribution in [2.75, 3.05) is 45.3 Å². The van der Waals surface area contributed by atoms with Gasteiger partial charge in [0.05, 0.1) is 18.8 Å². The van der Waals surface area contributed by atoms with Gasteiger partial charge in [0.15, 0.2) is 0 Å². The molecule has 7 heteroatoms. The maximum atomic E-state index is 12.6. The molecule has 0 saturated carbocycles. The molecule has 2 aromatic heterocycles. The van der Waals surface area contributed by atoms with Crippen LogP contribution in [0.5, 0.6) is 0 Å². The van der Waals surface area contributed by atoms with Crippen molar-refractivity contribution in [1.82, 2.24) is 14.3 Å². The van der Waals surface area contributed by atoms with E-state index in [4.69, 9.17) is 4.74 Å². The summed E-state index contributed by atoms with van der Waals surface area (Å²) in [7, 11) is 3.34. The summed E-state index contributed by atoms with van der Waals surface area (Å²) in [5, 5.41) is 0. The standard InChI is InChI=1S/C17H20N4O3/c1-4-12-9-13(17(23)19(2)3)11-21-15(22)10-14(18-16(12)21)20-5-7-24-8-6-20/h4,9-11H,1,5-8H2,2-3H3. The molecule has 1 aliphatic heterocycles. The molecule has 24 heavy (non-hydrogen) atoms. The van der Waals surface area contributed by atoms with Crippen molar-refractivity contribution in [1.29, 1.82) is 0 Å². The van der Waals surface area contributed by atoms with Crippen molar-refractivity contribution in [2.24, 2.45) is 0 Å². The van der Waals surface area contributed by atoms with Crippen molar-refractivity contribution >= 4 is 23.4 Å². The fraction of sp³-hybridized carbons (Fsp3) is 0.353. The lowest BCUT2D eigenvalue weighted by atomic mass is 10.1. The Kier molecular flexibility index (Phi) is 4.35. The average molecular weight is 328 g/mol. The Bertz CT molecular complexity index is 851. The number of carbonyl (C=O) groups excluding carboxylic acids is 1. The Hall–Kier alpha value is -2.67. The van der Waals surface area contributed by atoms with E-state index in [9.17, 15) is 9.59 Å². The van der Waals surface area contributed by atoms with Crippen LogP contribution >= 0.6 is 0 Å². The molecule has 1 aliphatic rings. The number of hydrogen-bond acceptors (Lipinski definition) is 5. The molecule has 0 unspecified atom stereocenters. The zero-order valence-electron chi connectivity index (χ0n) is 13.9. The fourth-order valence-electron chi connectivity index (χ4n) is 2.70. The number of rotatable bonds is 3. The minimum atomic E-state index is -0.224. The number of aromatic nitrogens is 2. The lowest BCUT2D eigenvalue weighted by molar-refractivity contribution is 0.0827. The van der Waals surface area contributed by atoms with E-state index >= 15 is 0 Å². The summed E-state index contributed by atoms with van der Waals surface area (Å²) < 4.78 is 6.74. The molecular weight excluding hydrogens is 308 g/mol. The number of pyridine rings is 1. The zero-order valence-corrected chi connectivity index (χ0v) is 13.9. The first-order chi connectivity index (χ1) is 11.5. The second kappa shape index (κ2) is 6.45. The number of amides is 1. The van der Waals surface area contributed by atoms with Crippen LogP contribution in [-0.2, 0) is 4.74 Å². The van der Waals surface area contributed by atoms with Crippen molar-refractivity contribution in [3.05, 3.63) is 46.4 Å². The molecule has 0 atom stereocenters. The summed E-state index contributed by atoms with van der Waals surface area (Å²) in [6.45, 7) is 6.41. The molecule has 3 rings (SSSR count). The van der Waals surface area contributed by atoms with E-state index in [-0.39, 0.29) is 11.5 Å². The van der Waals surface area contributed by atoms with Gasteiger partial charge in [0.25, 0.3) is 11.5 Å². The molecule has 1 amide bonds. The molecule has 0 spiro atoms. The van der Waals surface area contributed by atoms with E-state index in [0.717, 1.165) is 0 Å². The summed E-state index contributed by atoms with van der Waals surface area (Å²) in [5.74, 6) is 0.447. The number of nitrogens with zero attached hydrogens (tertiary/aromatic N) is 4. The number of hydrogen-bond donors (Lipinski definition) is 0. The topological polar surface area (TPSA) is 67.2 Å². The monoisotopic (exact) mass is 328 g/mol. The molecule has 7 nitrogen and oxygen atoms in total. The third-order valence-corrected chi connectivity index (χ3v) is 3.98. The number of ether oxygens (including phenoxy) is 1. The molecule has 1 saturated heterocycles. The van der Waals surface area contributed by atoms with E-state index in [1.54, 1.807) is 26.2 Å². The lowest BCUT2D eigenvalue weighted by Gasteiger charge is -2.27. The lowest BCUT2D eigenvalue weighted by Crippen LogP contribution is -2.37. The predicted molar refractivity (Wildman–Crippen MR) is 92.6 cm³/mol. The Morgan fingerprint density at radius 2 is 2.04 bits per heavy atom. The maximum Gasteiger partial charge on any atom is 0.259 e. The van der Waals surface area contributed by atoms with Crippen LogP contribution in [0.15, 0.2) is 29.7 Å². The molecule has 0 bridgehead atoms. The van der Waals surface area contributed by atoms with Crippen LogP contribution in [0.3, 0.4) is 0 Å². The largest absolute Gasteiger partial charge is 0.378 e. The van der Waals surface area contributed by atoms with Crippen LogP contribution in [0.25, 0.3) is 11.7 Å². The Morgan fingerprint density at radius 1 is 1.33 bits per heavy atom. The van der Waals surface area contributed by atoms with Gasteiger partial charge in [0, 0.05) is 45.0 Å². The van der Waals surface area contributed by atoms with Gasteiger partial charge in [-0.2, -0.15) is 0 Å². The highest BCUT2D eigenvalue weighted by Crippen LogP contribution is 2.17. The zero-order chi connectivity index (χ0) is 17.3. The highest BCUT2D eigenvalue weighted by Gasteiger charge is 2.17. The smallest absolute Gasteiger partial charge is 0.259 e. The second-order valence-corrected chi connectivity index (χ2v) is 5.83. The van der Waals surface area contributed by atoms with E-state index in [0.29, 0.717) is 48.9 Å². The number of morpholine rings is 1. The van der Waals surface area contributed by atoms with Gasteiger partial charge in [-0.25, -0.2) is 4.98 Å². The molecule has 3 heterocycles. The van der Waals surface area contributed by atoms with E-state index in [1.807, 2.05) is 4.90 Å². The summed E-state index contributed by atoms with van der Waals surface area (Å²) in [6.07, 6.45) is 3.14. The molecule has 0 aromatic carbocycles. The van der Waals surface area contributed by atoms with E-state index in [2.05, 4.69) is 11.6 Å². The summed E-state index contributed by atoms with van der Waals surface area (Å²) in [4.78, 5) is 32.9. The summed E-state index contributed by atoms with van der Waals surface area (Å²) in [6, 6.07) is 3.20. The summed E-state index contributed by atoms with van der Waals surface area (Å²) >= 11 is 0. The van der Waals surface area contributed by atoms with E-state index in [1.165, 1.54) is 21.6 Å². The molecule has 0 radical (unpaired) electrons. The first-order valence-corrected chi connectivity index (χ1v) is 7.75. The van der Waals surface area contributed by atoms with Crippen LogP contribution in [0.4, 0.5) is 5.82 Å². The van der Waals surface area contributed by atoms with Crippen molar-refractivity contribution in [3.8, 4) is 0 Å². The average Bonchev–Trinajstić information content (AvgIpc) is 2.60. The Morgan fingerprint density at radius 3 is 2.67 bits per heavy atom. The molecule has 1 fully saturated rings. The first kappa shape index (κ1) is 16.2. The van der Waals surface area contributed by atoms with Crippen LogP contribution in [0.2, 0.25) is 0 Å². The van der Waals surface area contributed by atoms with Gasteiger partial charge in [-0.05, 0) is 6.07 Å². The van der Waals surface area contributed by atoms with Crippen LogP contribution in [0, 0.1) is 0 Å². The van der Waals surface area contributed by atoms with Gasteiger partial charge < -0.3 is 14.5 Å². The molecule has 2 aromatic rings. The summed E-state index contributed by atoms with van der Waals surface area (Å²) in [5.41, 5.74) is 1.34. The number of fused-ring (bicyclic) bond motifs is 1. The second-order valence-electron chi connectivity index (χ2n) is 5.83. The van der Waals surface area contributed by atoms with Crippen LogP contribution < -0.4 is 10.5 Å². The third-order valence-electron chi connectivity index (χ3n) is 3.98. The minimum absolute atomic E-state index is 0.177. The van der Waals surface area contributed by atoms with Gasteiger partial charge in [-0.1, -0.05) is 12.7 Å². The van der Waals surface area contributed by atoms with Gasteiger partial charge in [-0.15, -0.1) is 0 Å². The van der Waals surface area contributed by atoms with Gasteiger partial charge in [-0.3, -0.25) is 14.0 Å². The fourth-order valence-corrected chi connectivity index (χ4v) is 2.70. The van der Waals surface area contributed by atoms with Gasteiger partial charge in [0.1, 0.15) is 11.5 Å². The normalized spacial score (nSPS) is 14.7. The highest BCUT2D eigenvalue weighted by atomic mass is 16.5. The highest BCUT2D eigenvalue weighted by molar-refractivity contribution is 5.95. The van der Waals surface area contributed by atoms with Gasteiger partial charge >= 0.3 is 0 Å². The van der Waals surface area contributed by atoms with Gasteiger partial charge in [0.2, 0.25) is 0 Å². The molecule has 0 N–H and O–H groups in total. The van der Waals surface area contributed by atoms with Crippen LogP contribution in [0.1, 0.15) is 15.9 Å². The third kappa shape index (κ3) is 2.90. The van der Waals surface area contributed by atoms with E-state index < -0.39 is 0 Å². The predicted octanol–water partition coefficient (Wildman–Crippen LogP) is 0.876. The first-order valence-electron chi connectivity index (χ1n) is 7.75. The molecule has 126 valence electrons. The van der Waals surface area contributed by atoms with Crippen molar-refractivity contribution in [3.63, 3.8) is 0 Å².